The Morgan fingerprint density at radius 2 is 1.89 bits per heavy atom. The molecule has 1 heterocycles. The van der Waals surface area contributed by atoms with Gasteiger partial charge in [-0.3, -0.25) is 0 Å². The zero-order chi connectivity index (χ0) is 12.8. The van der Waals surface area contributed by atoms with Crippen LogP contribution in [0.4, 0.5) is 0 Å². The third-order valence-corrected chi connectivity index (χ3v) is 2.38. The second kappa shape index (κ2) is 5.97. The molecule has 5 heteroatoms. The standard InChI is InChI=1S/C13H15N3O2/c14-7-3-6-13-15-8-10(9-16-13)18-12-5-2-1-4-11(12)17/h1-2,4-5,8-9,17H,3,6-7,14H2. The van der Waals surface area contributed by atoms with Crippen LogP contribution in [0.2, 0.25) is 0 Å². The number of nitrogens with zero attached hydrogens (tertiary/aromatic N) is 2. The number of aromatic nitrogens is 2. The maximum atomic E-state index is 9.56. The van der Waals surface area contributed by atoms with Crippen LogP contribution in [0.3, 0.4) is 0 Å². The lowest BCUT2D eigenvalue weighted by atomic mass is 10.3. The minimum absolute atomic E-state index is 0.0877. The zero-order valence-electron chi connectivity index (χ0n) is 9.91. The molecule has 3 N–H and O–H groups in total. The van der Waals surface area contributed by atoms with Crippen LogP contribution in [-0.2, 0) is 6.42 Å². The van der Waals surface area contributed by atoms with Crippen molar-refractivity contribution in [1.29, 1.82) is 0 Å². The van der Waals surface area contributed by atoms with Crippen LogP contribution in [0.25, 0.3) is 0 Å². The molecule has 0 radical (unpaired) electrons. The Labute approximate surface area is 105 Å². The summed E-state index contributed by atoms with van der Waals surface area (Å²) in [4.78, 5) is 8.34. The van der Waals surface area contributed by atoms with Gasteiger partial charge in [0.1, 0.15) is 5.82 Å². The number of aryl methyl sites for hydroxylation is 1. The van der Waals surface area contributed by atoms with E-state index in [1.54, 1.807) is 36.7 Å². The summed E-state index contributed by atoms with van der Waals surface area (Å²) in [6, 6.07) is 6.75. The molecule has 0 spiro atoms. The Kier molecular flexibility index (Phi) is 4.09. The van der Waals surface area contributed by atoms with Crippen molar-refractivity contribution in [1.82, 2.24) is 9.97 Å². The SMILES string of the molecule is NCCCc1ncc(Oc2ccccc2O)cn1. The lowest BCUT2D eigenvalue weighted by molar-refractivity contribution is 0.409. The lowest BCUT2D eigenvalue weighted by Gasteiger charge is -2.06. The largest absolute Gasteiger partial charge is 0.504 e. The van der Waals surface area contributed by atoms with Crippen molar-refractivity contribution in [3.05, 3.63) is 42.5 Å². The second-order valence-electron chi connectivity index (χ2n) is 3.80. The van der Waals surface area contributed by atoms with Gasteiger partial charge in [0, 0.05) is 6.42 Å². The number of ether oxygens (including phenoxy) is 1. The molecule has 1 aromatic heterocycles. The highest BCUT2D eigenvalue weighted by molar-refractivity contribution is 5.40. The number of phenolic OH excluding ortho intramolecular Hbond substituents is 1. The summed E-state index contributed by atoms with van der Waals surface area (Å²) < 4.78 is 5.47. The first-order valence-electron chi connectivity index (χ1n) is 5.76. The molecule has 1 aromatic carbocycles. The molecular formula is C13H15N3O2. The summed E-state index contributed by atoms with van der Waals surface area (Å²) in [5.74, 6) is 1.71. The van der Waals surface area contributed by atoms with Crippen molar-refractivity contribution < 1.29 is 9.84 Å². The van der Waals surface area contributed by atoms with E-state index in [1.165, 1.54) is 0 Å². The van der Waals surface area contributed by atoms with Crippen molar-refractivity contribution in [2.75, 3.05) is 6.54 Å². The van der Waals surface area contributed by atoms with Crippen LogP contribution in [-0.4, -0.2) is 21.6 Å². The van der Waals surface area contributed by atoms with E-state index in [-0.39, 0.29) is 5.75 Å². The van der Waals surface area contributed by atoms with Gasteiger partial charge in [-0.05, 0) is 25.1 Å². The van der Waals surface area contributed by atoms with E-state index >= 15 is 0 Å². The highest BCUT2D eigenvalue weighted by Gasteiger charge is 2.03. The first-order chi connectivity index (χ1) is 8.79. The third-order valence-electron chi connectivity index (χ3n) is 2.38. The quantitative estimate of drug-likeness (QED) is 0.840. The number of aromatic hydroxyl groups is 1. The fourth-order valence-corrected chi connectivity index (χ4v) is 1.46. The summed E-state index contributed by atoms with van der Waals surface area (Å²) in [5, 5.41) is 9.56. The van der Waals surface area contributed by atoms with Crippen molar-refractivity contribution >= 4 is 0 Å². The summed E-state index contributed by atoms with van der Waals surface area (Å²) in [6.45, 7) is 0.625. The van der Waals surface area contributed by atoms with Gasteiger partial charge in [0.25, 0.3) is 0 Å². The lowest BCUT2D eigenvalue weighted by Crippen LogP contribution is -2.03. The van der Waals surface area contributed by atoms with E-state index in [2.05, 4.69) is 9.97 Å². The fourth-order valence-electron chi connectivity index (χ4n) is 1.46. The first-order valence-corrected chi connectivity index (χ1v) is 5.76. The molecule has 0 bridgehead atoms. The Balaban J connectivity index is 2.04. The van der Waals surface area contributed by atoms with E-state index in [1.807, 2.05) is 0 Å². The summed E-state index contributed by atoms with van der Waals surface area (Å²) in [7, 11) is 0. The van der Waals surface area contributed by atoms with E-state index in [9.17, 15) is 5.11 Å². The number of benzene rings is 1. The van der Waals surface area contributed by atoms with Crippen LogP contribution in [0.5, 0.6) is 17.2 Å². The van der Waals surface area contributed by atoms with Gasteiger partial charge in [0.05, 0.1) is 12.4 Å². The molecule has 0 saturated heterocycles. The fraction of sp³-hybridized carbons (Fsp3) is 0.231. The number of rotatable bonds is 5. The van der Waals surface area contributed by atoms with Crippen LogP contribution in [0.1, 0.15) is 12.2 Å². The number of nitrogens with two attached hydrogens (primary N) is 1. The number of para-hydroxylation sites is 2. The van der Waals surface area contributed by atoms with Crippen LogP contribution >= 0.6 is 0 Å². The molecule has 0 fully saturated rings. The average molecular weight is 245 g/mol. The zero-order valence-corrected chi connectivity index (χ0v) is 9.91. The highest BCUT2D eigenvalue weighted by atomic mass is 16.5. The van der Waals surface area contributed by atoms with Gasteiger partial charge >= 0.3 is 0 Å². The Hall–Kier alpha value is -2.14. The van der Waals surface area contributed by atoms with Crippen molar-refractivity contribution in [2.45, 2.75) is 12.8 Å². The Morgan fingerprint density at radius 1 is 1.17 bits per heavy atom. The number of phenols is 1. The van der Waals surface area contributed by atoms with Crippen LogP contribution < -0.4 is 10.5 Å². The number of hydrogen-bond donors (Lipinski definition) is 2. The summed E-state index contributed by atoms with van der Waals surface area (Å²) in [6.07, 6.45) is 4.80. The molecule has 0 aliphatic carbocycles. The van der Waals surface area contributed by atoms with Crippen molar-refractivity contribution in [3.8, 4) is 17.2 Å². The molecule has 0 unspecified atom stereocenters. The average Bonchev–Trinajstić information content (AvgIpc) is 2.41. The van der Waals surface area contributed by atoms with E-state index in [0.717, 1.165) is 18.7 Å². The van der Waals surface area contributed by atoms with Gasteiger partial charge in [0.15, 0.2) is 17.2 Å². The predicted molar refractivity (Wildman–Crippen MR) is 67.6 cm³/mol. The van der Waals surface area contributed by atoms with Gasteiger partial charge in [-0.15, -0.1) is 0 Å². The van der Waals surface area contributed by atoms with Gasteiger partial charge < -0.3 is 15.6 Å². The van der Waals surface area contributed by atoms with Gasteiger partial charge in [-0.25, -0.2) is 9.97 Å². The molecule has 0 aliphatic heterocycles. The Morgan fingerprint density at radius 3 is 2.56 bits per heavy atom. The molecule has 0 amide bonds. The van der Waals surface area contributed by atoms with E-state index < -0.39 is 0 Å². The molecule has 0 atom stereocenters. The van der Waals surface area contributed by atoms with Gasteiger partial charge in [-0.2, -0.15) is 0 Å². The minimum atomic E-state index is 0.0877. The summed E-state index contributed by atoms with van der Waals surface area (Å²) in [5.41, 5.74) is 5.42. The van der Waals surface area contributed by atoms with Gasteiger partial charge in [0.2, 0.25) is 0 Å². The molecule has 0 aliphatic rings. The molecule has 0 saturated carbocycles. The molecule has 94 valence electrons. The van der Waals surface area contributed by atoms with E-state index in [0.29, 0.717) is 18.0 Å². The minimum Gasteiger partial charge on any atom is -0.504 e. The molecule has 2 aromatic rings. The van der Waals surface area contributed by atoms with Gasteiger partial charge in [-0.1, -0.05) is 12.1 Å². The molecule has 2 rings (SSSR count). The van der Waals surface area contributed by atoms with Crippen molar-refractivity contribution in [2.24, 2.45) is 5.73 Å². The maximum absolute atomic E-state index is 9.56. The molecule has 5 nitrogen and oxygen atoms in total. The smallest absolute Gasteiger partial charge is 0.169 e. The number of hydrogen-bond acceptors (Lipinski definition) is 5. The maximum Gasteiger partial charge on any atom is 0.169 e. The Bertz CT molecular complexity index is 500. The predicted octanol–water partition coefficient (Wildman–Crippen LogP) is 1.87. The topological polar surface area (TPSA) is 81.3 Å². The summed E-state index contributed by atoms with van der Waals surface area (Å²) >= 11 is 0. The monoisotopic (exact) mass is 245 g/mol. The molecule has 18 heavy (non-hydrogen) atoms. The highest BCUT2D eigenvalue weighted by Crippen LogP contribution is 2.28. The van der Waals surface area contributed by atoms with Crippen LogP contribution in [0.15, 0.2) is 36.7 Å². The van der Waals surface area contributed by atoms with E-state index in [4.69, 9.17) is 10.5 Å². The first kappa shape index (κ1) is 12.3. The van der Waals surface area contributed by atoms with Crippen molar-refractivity contribution in [3.63, 3.8) is 0 Å². The van der Waals surface area contributed by atoms with Crippen LogP contribution in [0, 0.1) is 0 Å². The second-order valence-corrected chi connectivity index (χ2v) is 3.80. The third kappa shape index (κ3) is 3.18. The molecular weight excluding hydrogens is 230 g/mol. The normalized spacial score (nSPS) is 10.3.